The highest BCUT2D eigenvalue weighted by molar-refractivity contribution is 5.86. The predicted molar refractivity (Wildman–Crippen MR) is 79.7 cm³/mol. The molecular formula is C17H19NO2. The van der Waals surface area contributed by atoms with Gasteiger partial charge in [0.1, 0.15) is 5.75 Å². The van der Waals surface area contributed by atoms with Crippen LogP contribution in [0.2, 0.25) is 0 Å². The zero-order valence-corrected chi connectivity index (χ0v) is 11.8. The maximum atomic E-state index is 11.9. The Hall–Kier alpha value is -2.29. The molecular weight excluding hydrogens is 250 g/mol. The molecule has 0 bridgehead atoms. The minimum atomic E-state index is -0.712. The number of nitrogens with two attached hydrogens (primary N) is 1. The first-order chi connectivity index (χ1) is 9.56. The molecule has 0 saturated carbocycles. The second kappa shape index (κ2) is 5.78. The summed E-state index contributed by atoms with van der Waals surface area (Å²) in [7, 11) is 1.63. The number of carbonyl (C=O) groups is 1. The number of benzene rings is 2. The Kier molecular flexibility index (Phi) is 4.08. The van der Waals surface area contributed by atoms with Gasteiger partial charge in [-0.05, 0) is 36.6 Å². The second-order valence-corrected chi connectivity index (χ2v) is 5.09. The van der Waals surface area contributed by atoms with Crippen molar-refractivity contribution in [2.45, 2.75) is 18.8 Å². The van der Waals surface area contributed by atoms with Crippen molar-refractivity contribution >= 4 is 5.91 Å². The minimum Gasteiger partial charge on any atom is -0.497 e. The maximum absolute atomic E-state index is 11.9. The molecule has 0 heterocycles. The molecule has 0 aromatic heterocycles. The lowest BCUT2D eigenvalue weighted by molar-refractivity contribution is -0.123. The molecule has 0 aliphatic carbocycles. The van der Waals surface area contributed by atoms with Gasteiger partial charge in [0, 0.05) is 0 Å². The number of amides is 1. The van der Waals surface area contributed by atoms with Gasteiger partial charge in [0.2, 0.25) is 5.91 Å². The van der Waals surface area contributed by atoms with Crippen LogP contribution in [0.1, 0.15) is 18.1 Å². The third-order valence-corrected chi connectivity index (χ3v) is 3.67. The standard InChI is InChI=1S/C17H19NO2/c1-17(16(18)19,14-6-4-3-5-7-14)12-13-8-10-15(20-2)11-9-13/h3-11H,12H2,1-2H3,(H2,18,19). The third kappa shape index (κ3) is 2.82. The van der Waals surface area contributed by atoms with Crippen molar-refractivity contribution in [3.8, 4) is 5.75 Å². The summed E-state index contributed by atoms with van der Waals surface area (Å²) in [5.74, 6) is 0.480. The van der Waals surface area contributed by atoms with E-state index in [4.69, 9.17) is 10.5 Å². The summed E-state index contributed by atoms with van der Waals surface area (Å²) < 4.78 is 5.14. The van der Waals surface area contributed by atoms with E-state index in [-0.39, 0.29) is 5.91 Å². The Labute approximate surface area is 119 Å². The first kappa shape index (κ1) is 14.1. The molecule has 3 nitrogen and oxygen atoms in total. The first-order valence-electron chi connectivity index (χ1n) is 6.54. The number of rotatable bonds is 5. The number of ether oxygens (including phenoxy) is 1. The Balaban J connectivity index is 2.32. The van der Waals surface area contributed by atoms with Crippen molar-refractivity contribution in [3.63, 3.8) is 0 Å². The van der Waals surface area contributed by atoms with Crippen molar-refractivity contribution < 1.29 is 9.53 Å². The first-order valence-corrected chi connectivity index (χ1v) is 6.54. The predicted octanol–water partition coefficient (Wildman–Crippen LogP) is 2.68. The van der Waals surface area contributed by atoms with Crippen LogP contribution in [0.25, 0.3) is 0 Å². The molecule has 0 saturated heterocycles. The van der Waals surface area contributed by atoms with Crippen molar-refractivity contribution in [2.24, 2.45) is 5.73 Å². The van der Waals surface area contributed by atoms with E-state index in [1.165, 1.54) is 0 Å². The second-order valence-electron chi connectivity index (χ2n) is 5.09. The van der Waals surface area contributed by atoms with Crippen LogP contribution < -0.4 is 10.5 Å². The van der Waals surface area contributed by atoms with Gasteiger partial charge in [-0.25, -0.2) is 0 Å². The van der Waals surface area contributed by atoms with E-state index in [0.717, 1.165) is 16.9 Å². The summed E-state index contributed by atoms with van der Waals surface area (Å²) in [6.07, 6.45) is 0.566. The zero-order valence-electron chi connectivity index (χ0n) is 11.8. The van der Waals surface area contributed by atoms with Gasteiger partial charge in [0.05, 0.1) is 12.5 Å². The Morgan fingerprint density at radius 3 is 2.20 bits per heavy atom. The van der Waals surface area contributed by atoms with E-state index >= 15 is 0 Å². The van der Waals surface area contributed by atoms with Crippen molar-refractivity contribution in [2.75, 3.05) is 7.11 Å². The molecule has 20 heavy (non-hydrogen) atoms. The largest absolute Gasteiger partial charge is 0.497 e. The normalized spacial score (nSPS) is 13.5. The van der Waals surface area contributed by atoms with Crippen molar-refractivity contribution in [3.05, 3.63) is 65.7 Å². The van der Waals surface area contributed by atoms with Gasteiger partial charge < -0.3 is 10.5 Å². The average molecular weight is 269 g/mol. The molecule has 1 unspecified atom stereocenters. The molecule has 2 aromatic rings. The van der Waals surface area contributed by atoms with Gasteiger partial charge in [0.15, 0.2) is 0 Å². The fourth-order valence-electron chi connectivity index (χ4n) is 2.29. The van der Waals surface area contributed by atoms with E-state index < -0.39 is 5.41 Å². The molecule has 0 radical (unpaired) electrons. The summed E-state index contributed by atoms with van der Waals surface area (Å²) in [5, 5.41) is 0. The van der Waals surface area contributed by atoms with Gasteiger partial charge in [0.25, 0.3) is 0 Å². The van der Waals surface area contributed by atoms with Crippen LogP contribution >= 0.6 is 0 Å². The molecule has 3 heteroatoms. The molecule has 104 valence electrons. The average Bonchev–Trinajstić information content (AvgIpc) is 2.48. The molecule has 0 spiro atoms. The third-order valence-electron chi connectivity index (χ3n) is 3.67. The van der Waals surface area contributed by atoms with Crippen LogP contribution in [0.5, 0.6) is 5.75 Å². The zero-order chi connectivity index (χ0) is 14.6. The summed E-state index contributed by atoms with van der Waals surface area (Å²) in [6.45, 7) is 1.88. The Morgan fingerprint density at radius 2 is 1.70 bits per heavy atom. The van der Waals surface area contributed by atoms with Crippen LogP contribution in [0.4, 0.5) is 0 Å². The quantitative estimate of drug-likeness (QED) is 0.907. The van der Waals surface area contributed by atoms with Gasteiger partial charge >= 0.3 is 0 Å². The summed E-state index contributed by atoms with van der Waals surface area (Å²) >= 11 is 0. The lowest BCUT2D eigenvalue weighted by atomic mass is 9.76. The summed E-state index contributed by atoms with van der Waals surface area (Å²) in [4.78, 5) is 11.9. The van der Waals surface area contributed by atoms with Gasteiger partial charge in [-0.15, -0.1) is 0 Å². The highest BCUT2D eigenvalue weighted by Gasteiger charge is 2.33. The molecule has 2 aromatic carbocycles. The van der Waals surface area contributed by atoms with E-state index in [9.17, 15) is 4.79 Å². The Morgan fingerprint density at radius 1 is 1.10 bits per heavy atom. The molecule has 0 aliphatic rings. The van der Waals surface area contributed by atoms with E-state index in [1.54, 1.807) is 7.11 Å². The van der Waals surface area contributed by atoms with Crippen molar-refractivity contribution in [1.82, 2.24) is 0 Å². The molecule has 1 atom stereocenters. The highest BCUT2D eigenvalue weighted by atomic mass is 16.5. The lowest BCUT2D eigenvalue weighted by Crippen LogP contribution is -2.40. The number of hydrogen-bond acceptors (Lipinski definition) is 2. The summed E-state index contributed by atoms with van der Waals surface area (Å²) in [5.41, 5.74) is 6.92. The van der Waals surface area contributed by atoms with E-state index in [1.807, 2.05) is 61.5 Å². The number of methoxy groups -OCH3 is 1. The van der Waals surface area contributed by atoms with Crippen LogP contribution in [0.15, 0.2) is 54.6 Å². The molecule has 2 N–H and O–H groups in total. The van der Waals surface area contributed by atoms with Crippen molar-refractivity contribution in [1.29, 1.82) is 0 Å². The topological polar surface area (TPSA) is 52.3 Å². The van der Waals surface area contributed by atoms with Crippen LogP contribution in [-0.2, 0) is 16.6 Å². The Bertz CT molecular complexity index is 578. The fourth-order valence-corrected chi connectivity index (χ4v) is 2.29. The lowest BCUT2D eigenvalue weighted by Gasteiger charge is -2.26. The number of hydrogen-bond donors (Lipinski definition) is 1. The molecule has 0 aliphatic heterocycles. The van der Waals surface area contributed by atoms with E-state index in [2.05, 4.69) is 0 Å². The minimum absolute atomic E-state index is 0.320. The van der Waals surface area contributed by atoms with Gasteiger partial charge in [-0.2, -0.15) is 0 Å². The van der Waals surface area contributed by atoms with Gasteiger partial charge in [-0.3, -0.25) is 4.79 Å². The van der Waals surface area contributed by atoms with Crippen LogP contribution in [-0.4, -0.2) is 13.0 Å². The van der Waals surface area contributed by atoms with Crippen LogP contribution in [0.3, 0.4) is 0 Å². The fraction of sp³-hybridized carbons (Fsp3) is 0.235. The van der Waals surface area contributed by atoms with Gasteiger partial charge in [-0.1, -0.05) is 42.5 Å². The molecule has 1 amide bonds. The SMILES string of the molecule is COc1ccc(CC(C)(C(N)=O)c2ccccc2)cc1. The summed E-state index contributed by atoms with van der Waals surface area (Å²) in [6, 6.07) is 17.4. The monoisotopic (exact) mass is 269 g/mol. The smallest absolute Gasteiger partial charge is 0.228 e. The molecule has 0 fully saturated rings. The highest BCUT2D eigenvalue weighted by Crippen LogP contribution is 2.28. The maximum Gasteiger partial charge on any atom is 0.228 e. The number of carbonyl (C=O) groups excluding carboxylic acids is 1. The molecule has 2 rings (SSSR count). The van der Waals surface area contributed by atoms with E-state index in [0.29, 0.717) is 6.42 Å². The van der Waals surface area contributed by atoms with Crippen LogP contribution in [0, 0.1) is 0 Å². The number of primary amides is 1.